The van der Waals surface area contributed by atoms with E-state index in [9.17, 15) is 8.42 Å². The molecular weight excluding hydrogens is 328 g/mol. The predicted octanol–water partition coefficient (Wildman–Crippen LogP) is 6.00. The van der Waals surface area contributed by atoms with Crippen molar-refractivity contribution in [2.45, 2.75) is 96.1 Å². The Bertz CT molecular complexity index is 668. The topological polar surface area (TPSA) is 34.1 Å². The summed E-state index contributed by atoms with van der Waals surface area (Å²) in [7, 11) is -2.95. The van der Waals surface area contributed by atoms with Crippen molar-refractivity contribution in [3.63, 3.8) is 0 Å². The lowest BCUT2D eigenvalue weighted by molar-refractivity contribution is 0.552. The maximum atomic E-state index is 12.1. The smallest absolute Gasteiger partial charge is 0.155 e. The van der Waals surface area contributed by atoms with E-state index >= 15 is 0 Å². The van der Waals surface area contributed by atoms with Crippen LogP contribution in [0.1, 0.15) is 102 Å². The van der Waals surface area contributed by atoms with Crippen molar-refractivity contribution in [3.8, 4) is 0 Å². The van der Waals surface area contributed by atoms with Crippen molar-refractivity contribution in [1.29, 1.82) is 0 Å². The Labute approximate surface area is 155 Å². The monoisotopic (exact) mass is 364 g/mol. The van der Waals surface area contributed by atoms with Crippen LogP contribution in [0, 0.1) is 0 Å². The zero-order valence-electron chi connectivity index (χ0n) is 16.8. The van der Waals surface area contributed by atoms with Gasteiger partial charge in [-0.2, -0.15) is 0 Å². The van der Waals surface area contributed by atoms with Gasteiger partial charge in [0.15, 0.2) is 9.84 Å². The standard InChI is InChI=1S/C22H36O2S/c1-17-15-18(2)21-16-19(12-13-20(17)21)11-9-7-6-8-10-14-25(23,24)22(3,4)5/h12-13,16-18H,6-11,14-15H2,1-5H3. The highest BCUT2D eigenvalue weighted by molar-refractivity contribution is 7.92. The highest BCUT2D eigenvalue weighted by Gasteiger charge is 2.28. The third-order valence-corrected chi connectivity index (χ3v) is 8.42. The van der Waals surface area contributed by atoms with Gasteiger partial charge in [-0.05, 0) is 75.0 Å². The van der Waals surface area contributed by atoms with Crippen molar-refractivity contribution in [2.24, 2.45) is 0 Å². The van der Waals surface area contributed by atoms with Crippen LogP contribution in [0.3, 0.4) is 0 Å². The molecule has 0 N–H and O–H groups in total. The third kappa shape index (κ3) is 5.32. The van der Waals surface area contributed by atoms with Gasteiger partial charge < -0.3 is 0 Å². The molecule has 0 aliphatic heterocycles. The first kappa shape index (κ1) is 20.5. The molecule has 0 fully saturated rings. The molecule has 2 atom stereocenters. The number of hydrogen-bond donors (Lipinski definition) is 0. The molecule has 1 aromatic rings. The number of fused-ring (bicyclic) bond motifs is 1. The van der Waals surface area contributed by atoms with Crippen molar-refractivity contribution in [1.82, 2.24) is 0 Å². The van der Waals surface area contributed by atoms with Crippen LogP contribution < -0.4 is 0 Å². The van der Waals surface area contributed by atoms with Gasteiger partial charge in [-0.3, -0.25) is 0 Å². The molecule has 0 saturated heterocycles. The molecule has 0 spiro atoms. The lowest BCUT2D eigenvalue weighted by Crippen LogP contribution is -2.30. The molecule has 0 saturated carbocycles. The van der Waals surface area contributed by atoms with E-state index in [2.05, 4.69) is 32.0 Å². The first-order valence-electron chi connectivity index (χ1n) is 9.97. The number of hydrogen-bond acceptors (Lipinski definition) is 2. The molecule has 0 heterocycles. The molecule has 0 aromatic heterocycles. The van der Waals surface area contributed by atoms with Gasteiger partial charge in [0, 0.05) is 0 Å². The Morgan fingerprint density at radius 3 is 2.20 bits per heavy atom. The van der Waals surface area contributed by atoms with Crippen LogP contribution in [0.2, 0.25) is 0 Å². The maximum Gasteiger partial charge on any atom is 0.155 e. The first-order chi connectivity index (χ1) is 11.6. The summed E-state index contributed by atoms with van der Waals surface area (Å²) in [6.45, 7) is 10.1. The average Bonchev–Trinajstić information content (AvgIpc) is 2.79. The van der Waals surface area contributed by atoms with E-state index in [4.69, 9.17) is 0 Å². The maximum absolute atomic E-state index is 12.1. The Morgan fingerprint density at radius 1 is 0.920 bits per heavy atom. The molecule has 142 valence electrons. The number of unbranched alkanes of at least 4 members (excludes halogenated alkanes) is 4. The fourth-order valence-electron chi connectivity index (χ4n) is 3.90. The third-order valence-electron chi connectivity index (χ3n) is 5.73. The predicted molar refractivity (Wildman–Crippen MR) is 108 cm³/mol. The van der Waals surface area contributed by atoms with E-state index in [0.29, 0.717) is 17.6 Å². The molecular formula is C22H36O2S. The molecule has 25 heavy (non-hydrogen) atoms. The van der Waals surface area contributed by atoms with Gasteiger partial charge in [0.25, 0.3) is 0 Å². The summed E-state index contributed by atoms with van der Waals surface area (Å²) in [5.41, 5.74) is 4.59. The Kier molecular flexibility index (Phi) is 6.75. The van der Waals surface area contributed by atoms with Gasteiger partial charge in [-0.25, -0.2) is 8.42 Å². The van der Waals surface area contributed by atoms with Gasteiger partial charge >= 0.3 is 0 Å². The van der Waals surface area contributed by atoms with Gasteiger partial charge in [0.1, 0.15) is 0 Å². The number of sulfone groups is 1. The Hall–Kier alpha value is -0.830. The second-order valence-electron chi connectivity index (χ2n) is 8.95. The Morgan fingerprint density at radius 2 is 1.52 bits per heavy atom. The summed E-state index contributed by atoms with van der Waals surface area (Å²) in [5, 5.41) is 0. The SMILES string of the molecule is CC1CC(C)c2cc(CCCCCCCS(=O)(=O)C(C)(C)C)ccc21. The molecule has 1 aromatic carbocycles. The molecule has 2 rings (SSSR count). The van der Waals surface area contributed by atoms with Crippen LogP contribution >= 0.6 is 0 Å². The largest absolute Gasteiger partial charge is 0.228 e. The first-order valence-corrected chi connectivity index (χ1v) is 11.6. The van der Waals surface area contributed by atoms with Crippen LogP contribution in [-0.2, 0) is 16.3 Å². The van der Waals surface area contributed by atoms with Crippen LogP contribution in [0.25, 0.3) is 0 Å². The van der Waals surface area contributed by atoms with E-state index in [1.807, 2.05) is 0 Å². The van der Waals surface area contributed by atoms with Crippen LogP contribution in [0.4, 0.5) is 0 Å². The van der Waals surface area contributed by atoms with Crippen LogP contribution in [0.5, 0.6) is 0 Å². The van der Waals surface area contributed by atoms with Crippen molar-refractivity contribution >= 4 is 9.84 Å². The molecule has 1 aliphatic rings. The minimum atomic E-state index is -2.95. The minimum Gasteiger partial charge on any atom is -0.228 e. The number of benzene rings is 1. The zero-order valence-corrected chi connectivity index (χ0v) is 17.6. The van der Waals surface area contributed by atoms with Crippen molar-refractivity contribution in [2.75, 3.05) is 5.75 Å². The zero-order chi connectivity index (χ0) is 18.7. The molecule has 0 bridgehead atoms. The molecule has 2 nitrogen and oxygen atoms in total. The summed E-state index contributed by atoms with van der Waals surface area (Å²) < 4.78 is 23.5. The fraction of sp³-hybridized carbons (Fsp3) is 0.727. The van der Waals surface area contributed by atoms with Gasteiger partial charge in [-0.1, -0.05) is 51.3 Å². The summed E-state index contributed by atoms with van der Waals surface area (Å²) in [4.78, 5) is 0. The minimum absolute atomic E-state index is 0.331. The second-order valence-corrected chi connectivity index (χ2v) is 11.8. The van der Waals surface area contributed by atoms with E-state index in [1.165, 1.54) is 24.8 Å². The van der Waals surface area contributed by atoms with Gasteiger partial charge in [0.05, 0.1) is 10.5 Å². The quantitative estimate of drug-likeness (QED) is 0.530. The molecule has 0 amide bonds. The summed E-state index contributed by atoms with van der Waals surface area (Å²) >= 11 is 0. The summed E-state index contributed by atoms with van der Waals surface area (Å²) in [5.74, 6) is 1.75. The summed E-state index contributed by atoms with van der Waals surface area (Å²) in [6.07, 6.45) is 7.79. The molecule has 2 unspecified atom stereocenters. The fourth-order valence-corrected chi connectivity index (χ4v) is 5.09. The number of rotatable bonds is 8. The number of aryl methyl sites for hydroxylation is 1. The van der Waals surface area contributed by atoms with E-state index in [-0.39, 0.29) is 0 Å². The lowest BCUT2D eigenvalue weighted by Gasteiger charge is -2.18. The second kappa shape index (κ2) is 8.24. The Balaban J connectivity index is 1.67. The molecule has 0 radical (unpaired) electrons. The van der Waals surface area contributed by atoms with Crippen LogP contribution in [0.15, 0.2) is 18.2 Å². The van der Waals surface area contributed by atoms with E-state index < -0.39 is 14.6 Å². The normalized spacial score (nSPS) is 20.7. The van der Waals surface area contributed by atoms with E-state index in [1.54, 1.807) is 31.9 Å². The van der Waals surface area contributed by atoms with Gasteiger partial charge in [-0.15, -0.1) is 0 Å². The summed E-state index contributed by atoms with van der Waals surface area (Å²) in [6, 6.07) is 7.08. The highest BCUT2D eigenvalue weighted by atomic mass is 32.2. The molecule has 1 aliphatic carbocycles. The highest BCUT2D eigenvalue weighted by Crippen LogP contribution is 2.41. The van der Waals surface area contributed by atoms with Crippen molar-refractivity contribution in [3.05, 3.63) is 34.9 Å². The average molecular weight is 365 g/mol. The van der Waals surface area contributed by atoms with Crippen molar-refractivity contribution < 1.29 is 8.42 Å². The molecule has 3 heteroatoms. The van der Waals surface area contributed by atoms with Gasteiger partial charge in [0.2, 0.25) is 0 Å². The lowest BCUT2D eigenvalue weighted by atomic mass is 9.97. The van der Waals surface area contributed by atoms with Crippen LogP contribution in [-0.4, -0.2) is 18.9 Å². The van der Waals surface area contributed by atoms with E-state index in [0.717, 1.165) is 25.7 Å².